The topological polar surface area (TPSA) is 83.5 Å². The predicted octanol–water partition coefficient (Wildman–Crippen LogP) is 2.34. The number of anilines is 1. The van der Waals surface area contributed by atoms with E-state index < -0.39 is 15.8 Å². The Kier molecular flexibility index (Phi) is 5.16. The number of thioether (sulfide) groups is 1. The van der Waals surface area contributed by atoms with Crippen molar-refractivity contribution in [3.05, 3.63) is 23.8 Å². The first-order valence-electron chi connectivity index (χ1n) is 6.86. The highest BCUT2D eigenvalue weighted by molar-refractivity contribution is 7.99. The average molecular weight is 329 g/mol. The van der Waals surface area contributed by atoms with Gasteiger partial charge in [-0.1, -0.05) is 13.0 Å². The third-order valence-electron chi connectivity index (χ3n) is 3.45. The summed E-state index contributed by atoms with van der Waals surface area (Å²) in [5, 5.41) is 12.5. The number of nitrogens with one attached hydrogen (secondary N) is 1. The first-order chi connectivity index (χ1) is 9.93. The van der Waals surface area contributed by atoms with Gasteiger partial charge in [0.2, 0.25) is 0 Å². The summed E-state index contributed by atoms with van der Waals surface area (Å²) < 4.78 is 22.9. The molecule has 2 rings (SSSR count). The van der Waals surface area contributed by atoms with Gasteiger partial charge < -0.3 is 10.4 Å². The minimum absolute atomic E-state index is 0.0547. The molecule has 1 atom stereocenters. The number of carboxylic acid groups (broad SMARTS) is 1. The van der Waals surface area contributed by atoms with E-state index in [4.69, 9.17) is 0 Å². The Labute approximate surface area is 129 Å². The average Bonchev–Trinajstić information content (AvgIpc) is 2.76. The van der Waals surface area contributed by atoms with E-state index >= 15 is 0 Å². The highest BCUT2D eigenvalue weighted by atomic mass is 32.2. The van der Waals surface area contributed by atoms with Crippen LogP contribution in [0.5, 0.6) is 0 Å². The lowest BCUT2D eigenvalue weighted by Crippen LogP contribution is -2.17. The van der Waals surface area contributed by atoms with E-state index in [-0.39, 0.29) is 23.0 Å². The van der Waals surface area contributed by atoms with Crippen molar-refractivity contribution in [2.75, 3.05) is 29.1 Å². The van der Waals surface area contributed by atoms with E-state index in [2.05, 4.69) is 5.32 Å². The molecule has 116 valence electrons. The van der Waals surface area contributed by atoms with Crippen molar-refractivity contribution in [1.82, 2.24) is 0 Å². The van der Waals surface area contributed by atoms with Crippen molar-refractivity contribution in [1.29, 1.82) is 0 Å². The smallest absolute Gasteiger partial charge is 0.338 e. The van der Waals surface area contributed by atoms with Gasteiger partial charge in [0.05, 0.1) is 17.1 Å². The van der Waals surface area contributed by atoms with Crippen LogP contribution >= 0.6 is 11.8 Å². The van der Waals surface area contributed by atoms with Crippen molar-refractivity contribution in [2.24, 2.45) is 5.92 Å². The molecule has 2 N–H and O–H groups in total. The number of hydrogen-bond donors (Lipinski definition) is 2. The van der Waals surface area contributed by atoms with Gasteiger partial charge in [-0.2, -0.15) is 0 Å². The molecule has 1 aromatic carbocycles. The third kappa shape index (κ3) is 4.14. The molecule has 1 aliphatic rings. The molecule has 7 heteroatoms. The highest BCUT2D eigenvalue weighted by Gasteiger charge is 2.28. The number of carbonyl (C=O) groups is 1. The maximum atomic E-state index is 11.5. The lowest BCUT2D eigenvalue weighted by molar-refractivity contribution is 0.0694. The quantitative estimate of drug-likeness (QED) is 0.780. The molecule has 1 aromatic rings. The maximum Gasteiger partial charge on any atom is 0.338 e. The maximum absolute atomic E-state index is 11.5. The minimum Gasteiger partial charge on any atom is -0.478 e. The second-order valence-corrected chi connectivity index (χ2v) is 8.60. The van der Waals surface area contributed by atoms with Crippen LogP contribution in [0.3, 0.4) is 0 Å². The van der Waals surface area contributed by atoms with Crippen molar-refractivity contribution in [3.63, 3.8) is 0 Å². The molecule has 0 bridgehead atoms. The third-order valence-corrected chi connectivity index (χ3v) is 6.22. The first-order valence-corrected chi connectivity index (χ1v) is 9.67. The predicted molar refractivity (Wildman–Crippen MR) is 85.0 cm³/mol. The molecule has 0 amide bonds. The van der Waals surface area contributed by atoms with Gasteiger partial charge in [-0.05, 0) is 30.2 Å². The van der Waals surface area contributed by atoms with Crippen LogP contribution in [0.25, 0.3) is 0 Å². The fourth-order valence-corrected chi connectivity index (χ4v) is 5.15. The largest absolute Gasteiger partial charge is 0.478 e. The van der Waals surface area contributed by atoms with Crippen LogP contribution in [-0.4, -0.2) is 43.3 Å². The van der Waals surface area contributed by atoms with E-state index in [1.54, 1.807) is 12.1 Å². The molecule has 21 heavy (non-hydrogen) atoms. The van der Waals surface area contributed by atoms with Crippen molar-refractivity contribution in [3.8, 4) is 0 Å². The number of aromatic carboxylic acids is 1. The van der Waals surface area contributed by atoms with E-state index in [1.165, 1.54) is 11.8 Å². The van der Waals surface area contributed by atoms with Crippen molar-refractivity contribution >= 4 is 33.3 Å². The van der Waals surface area contributed by atoms with Crippen LogP contribution in [0.4, 0.5) is 5.69 Å². The lowest BCUT2D eigenvalue weighted by Gasteiger charge is -2.15. The Balaban J connectivity index is 2.13. The molecule has 0 saturated carbocycles. The summed E-state index contributed by atoms with van der Waals surface area (Å²) in [7, 11) is -2.90. The monoisotopic (exact) mass is 329 g/mol. The standard InChI is InChI=1S/C14H19NO4S2/c1-2-20-12-5-3-4-11(13(12)14(16)17)15-8-10-6-7-21(18,19)9-10/h3-5,10,15H,2,6-9H2,1H3,(H,16,17). The molecule has 0 spiro atoms. The molecule has 0 aliphatic carbocycles. The zero-order valence-corrected chi connectivity index (χ0v) is 13.5. The normalized spacial score (nSPS) is 20.3. The van der Waals surface area contributed by atoms with Gasteiger partial charge in [-0.15, -0.1) is 11.8 Å². The molecule has 1 fully saturated rings. The molecule has 5 nitrogen and oxygen atoms in total. The van der Waals surface area contributed by atoms with E-state index in [1.807, 2.05) is 13.0 Å². The van der Waals surface area contributed by atoms with Gasteiger partial charge in [0.25, 0.3) is 0 Å². The highest BCUT2D eigenvalue weighted by Crippen LogP contribution is 2.29. The second kappa shape index (κ2) is 6.70. The minimum atomic E-state index is -2.90. The molecule has 1 unspecified atom stereocenters. The summed E-state index contributed by atoms with van der Waals surface area (Å²) in [6, 6.07) is 5.34. The van der Waals surface area contributed by atoms with Gasteiger partial charge in [0, 0.05) is 17.1 Å². The summed E-state index contributed by atoms with van der Waals surface area (Å²) in [6.07, 6.45) is 0.640. The van der Waals surface area contributed by atoms with Crippen LogP contribution in [0, 0.1) is 5.92 Å². The number of hydrogen-bond acceptors (Lipinski definition) is 5. The molecule has 0 radical (unpaired) electrons. The van der Waals surface area contributed by atoms with Gasteiger partial charge in [-0.25, -0.2) is 13.2 Å². The van der Waals surface area contributed by atoms with Gasteiger partial charge >= 0.3 is 5.97 Å². The van der Waals surface area contributed by atoms with E-state index in [0.29, 0.717) is 18.7 Å². The number of sulfone groups is 1. The summed E-state index contributed by atoms with van der Waals surface area (Å²) in [4.78, 5) is 12.2. The Morgan fingerprint density at radius 2 is 2.24 bits per heavy atom. The number of benzene rings is 1. The molecule has 0 aromatic heterocycles. The number of rotatable bonds is 6. The summed E-state index contributed by atoms with van der Waals surface area (Å²) in [6.45, 7) is 2.46. The van der Waals surface area contributed by atoms with Gasteiger partial charge in [-0.3, -0.25) is 0 Å². The lowest BCUT2D eigenvalue weighted by atomic mass is 10.1. The van der Waals surface area contributed by atoms with Gasteiger partial charge in [0.1, 0.15) is 0 Å². The van der Waals surface area contributed by atoms with Gasteiger partial charge in [0.15, 0.2) is 9.84 Å². The summed E-state index contributed by atoms with van der Waals surface area (Å²) >= 11 is 1.49. The zero-order chi connectivity index (χ0) is 15.5. The van der Waals surface area contributed by atoms with E-state index in [9.17, 15) is 18.3 Å². The Morgan fingerprint density at radius 1 is 1.48 bits per heavy atom. The zero-order valence-electron chi connectivity index (χ0n) is 11.8. The van der Waals surface area contributed by atoms with Crippen LogP contribution < -0.4 is 5.32 Å². The Morgan fingerprint density at radius 3 is 2.81 bits per heavy atom. The fourth-order valence-electron chi connectivity index (χ4n) is 2.46. The van der Waals surface area contributed by atoms with E-state index in [0.717, 1.165) is 10.6 Å². The summed E-state index contributed by atoms with van der Waals surface area (Å²) in [5.41, 5.74) is 0.829. The van der Waals surface area contributed by atoms with Crippen molar-refractivity contribution in [2.45, 2.75) is 18.2 Å². The van der Waals surface area contributed by atoms with Crippen LogP contribution in [0.1, 0.15) is 23.7 Å². The Hall–Kier alpha value is -1.21. The first kappa shape index (κ1) is 16.2. The second-order valence-electron chi connectivity index (χ2n) is 5.07. The molecular formula is C14H19NO4S2. The molecule has 1 aliphatic heterocycles. The number of carboxylic acids is 1. The Bertz CT molecular complexity index is 628. The molecular weight excluding hydrogens is 310 g/mol. The molecule has 1 saturated heterocycles. The molecule has 1 heterocycles. The van der Waals surface area contributed by atoms with Crippen LogP contribution in [-0.2, 0) is 9.84 Å². The fraction of sp³-hybridized carbons (Fsp3) is 0.500. The van der Waals surface area contributed by atoms with Crippen LogP contribution in [0.15, 0.2) is 23.1 Å². The SMILES string of the molecule is CCSc1cccc(NCC2CCS(=O)(=O)C2)c1C(=O)O. The van der Waals surface area contributed by atoms with Crippen LogP contribution in [0.2, 0.25) is 0 Å². The summed E-state index contributed by atoms with van der Waals surface area (Å²) in [5.74, 6) is 0.306. The van der Waals surface area contributed by atoms with Crippen molar-refractivity contribution < 1.29 is 18.3 Å².